The number of amides is 1. The summed E-state index contributed by atoms with van der Waals surface area (Å²) in [6.45, 7) is 12.9. The summed E-state index contributed by atoms with van der Waals surface area (Å²) in [6, 6.07) is 9.26. The highest BCUT2D eigenvalue weighted by Crippen LogP contribution is 2.36. The number of halogens is 1. The molecule has 0 radical (unpaired) electrons. The summed E-state index contributed by atoms with van der Waals surface area (Å²) in [4.78, 5) is 25.1. The Morgan fingerprint density at radius 3 is 2.77 bits per heavy atom. The highest BCUT2D eigenvalue weighted by Gasteiger charge is 2.34. The number of anilines is 1. The molecule has 4 heterocycles. The normalized spacial score (nSPS) is 24.2. The van der Waals surface area contributed by atoms with Crippen LogP contribution in [0.3, 0.4) is 0 Å². The second kappa shape index (κ2) is 12.6. The van der Waals surface area contributed by atoms with Gasteiger partial charge in [-0.2, -0.15) is 4.98 Å². The van der Waals surface area contributed by atoms with Crippen molar-refractivity contribution in [2.75, 3.05) is 70.6 Å². The van der Waals surface area contributed by atoms with E-state index < -0.39 is 0 Å². The van der Waals surface area contributed by atoms with Crippen LogP contribution in [0.15, 0.2) is 30.3 Å². The van der Waals surface area contributed by atoms with E-state index >= 15 is 0 Å². The number of morpholine rings is 1. The van der Waals surface area contributed by atoms with Gasteiger partial charge in [-0.15, -0.1) is 0 Å². The van der Waals surface area contributed by atoms with Gasteiger partial charge in [-0.1, -0.05) is 12.1 Å². The maximum Gasteiger partial charge on any atom is 0.241 e. The predicted octanol–water partition coefficient (Wildman–Crippen LogP) is 2.32. The van der Waals surface area contributed by atoms with Crippen molar-refractivity contribution in [2.45, 2.75) is 45.3 Å². The lowest BCUT2D eigenvalue weighted by Gasteiger charge is -2.44. The lowest BCUT2D eigenvalue weighted by atomic mass is 10.0. The molecule has 1 N–H and O–H groups in total. The average Bonchev–Trinajstić information content (AvgIpc) is 2.92. The van der Waals surface area contributed by atoms with E-state index in [1.165, 1.54) is 12.1 Å². The molecule has 10 heteroatoms. The zero-order chi connectivity index (χ0) is 27.4. The van der Waals surface area contributed by atoms with Crippen molar-refractivity contribution in [2.24, 2.45) is 0 Å². The molecule has 1 amide bonds. The number of pyridine rings is 1. The summed E-state index contributed by atoms with van der Waals surface area (Å²) < 4.78 is 30.8. The first-order valence-corrected chi connectivity index (χ1v) is 14.0. The minimum Gasteiger partial charge on any atom is -0.478 e. The lowest BCUT2D eigenvalue weighted by Crippen LogP contribution is -2.62. The van der Waals surface area contributed by atoms with Gasteiger partial charge in [-0.05, 0) is 44.5 Å². The summed E-state index contributed by atoms with van der Waals surface area (Å²) in [7, 11) is 0. The van der Waals surface area contributed by atoms with Crippen LogP contribution in [0.2, 0.25) is 0 Å². The van der Waals surface area contributed by atoms with E-state index in [9.17, 15) is 9.18 Å². The summed E-state index contributed by atoms with van der Waals surface area (Å²) in [6.07, 6.45) is 0.507. The third-order valence-corrected chi connectivity index (χ3v) is 7.76. The van der Waals surface area contributed by atoms with Crippen LogP contribution in [0.1, 0.15) is 31.9 Å². The maximum absolute atomic E-state index is 13.8. The van der Waals surface area contributed by atoms with E-state index in [0.717, 1.165) is 50.5 Å². The van der Waals surface area contributed by atoms with Gasteiger partial charge >= 0.3 is 0 Å². The first-order chi connectivity index (χ1) is 18.9. The molecule has 0 aliphatic carbocycles. The fraction of sp³-hybridized carbons (Fsp3) is 0.586. The maximum atomic E-state index is 13.8. The number of ether oxygens (including phenoxy) is 3. The van der Waals surface area contributed by atoms with Crippen LogP contribution in [0, 0.1) is 5.82 Å². The Kier molecular flexibility index (Phi) is 8.96. The molecule has 5 rings (SSSR count). The largest absolute Gasteiger partial charge is 0.478 e. The molecule has 0 unspecified atom stereocenters. The summed E-state index contributed by atoms with van der Waals surface area (Å²) in [5.41, 5.74) is 2.43. The van der Waals surface area contributed by atoms with E-state index in [4.69, 9.17) is 14.2 Å². The highest BCUT2D eigenvalue weighted by atomic mass is 19.1. The topological polar surface area (TPSA) is 79.4 Å². The van der Waals surface area contributed by atoms with E-state index in [1.54, 1.807) is 17.0 Å². The van der Waals surface area contributed by atoms with Crippen molar-refractivity contribution in [1.29, 1.82) is 0 Å². The molecule has 3 aliphatic heterocycles. The van der Waals surface area contributed by atoms with Crippen molar-refractivity contribution in [3.8, 4) is 11.8 Å². The summed E-state index contributed by atoms with van der Waals surface area (Å²) >= 11 is 0. The van der Waals surface area contributed by atoms with Crippen molar-refractivity contribution < 1.29 is 23.4 Å². The van der Waals surface area contributed by atoms with E-state index in [1.807, 2.05) is 13.0 Å². The van der Waals surface area contributed by atoms with Gasteiger partial charge in [-0.25, -0.2) is 4.39 Å². The molecule has 1 aromatic carbocycles. The van der Waals surface area contributed by atoms with E-state index in [0.29, 0.717) is 62.3 Å². The zero-order valence-corrected chi connectivity index (χ0v) is 23.2. The van der Waals surface area contributed by atoms with Crippen LogP contribution >= 0.6 is 0 Å². The smallest absolute Gasteiger partial charge is 0.241 e. The Morgan fingerprint density at radius 2 is 2.00 bits per heavy atom. The number of hydrogen-bond acceptors (Lipinski definition) is 8. The molecule has 0 saturated carbocycles. The number of fused-ring (bicyclic) bond motifs is 1. The third-order valence-electron chi connectivity index (χ3n) is 7.76. The Labute approximate surface area is 230 Å². The molecule has 2 saturated heterocycles. The van der Waals surface area contributed by atoms with Gasteiger partial charge in [0.25, 0.3) is 0 Å². The molecule has 1 aromatic heterocycles. The van der Waals surface area contributed by atoms with Gasteiger partial charge in [0.15, 0.2) is 0 Å². The lowest BCUT2D eigenvalue weighted by molar-refractivity contribution is -0.121. The number of benzene rings is 1. The number of rotatable bonds is 8. The van der Waals surface area contributed by atoms with E-state index in [-0.39, 0.29) is 17.8 Å². The minimum absolute atomic E-state index is 0.0346. The van der Waals surface area contributed by atoms with Gasteiger partial charge in [0.1, 0.15) is 18.1 Å². The average molecular weight is 542 g/mol. The fourth-order valence-electron chi connectivity index (χ4n) is 5.60. The third kappa shape index (κ3) is 6.69. The van der Waals surface area contributed by atoms with Gasteiger partial charge in [-0.3, -0.25) is 14.6 Å². The second-order valence-corrected chi connectivity index (χ2v) is 10.7. The molecule has 2 fully saturated rings. The number of piperazine rings is 1. The molecule has 212 valence electrons. The van der Waals surface area contributed by atoms with Crippen molar-refractivity contribution >= 4 is 11.6 Å². The van der Waals surface area contributed by atoms with Crippen LogP contribution in [-0.4, -0.2) is 105 Å². The Hall–Kier alpha value is -2.79. The molecule has 0 spiro atoms. The molecular weight excluding hydrogens is 501 g/mol. The van der Waals surface area contributed by atoms with Crippen LogP contribution in [0.25, 0.3) is 0 Å². The minimum atomic E-state index is -0.277. The van der Waals surface area contributed by atoms with Crippen molar-refractivity contribution in [3.63, 3.8) is 0 Å². The van der Waals surface area contributed by atoms with E-state index in [2.05, 4.69) is 33.9 Å². The van der Waals surface area contributed by atoms with Crippen molar-refractivity contribution in [1.82, 2.24) is 20.1 Å². The first-order valence-electron chi connectivity index (χ1n) is 14.0. The molecule has 0 bridgehead atoms. The quantitative estimate of drug-likeness (QED) is 0.546. The molecule has 39 heavy (non-hydrogen) atoms. The fourth-order valence-corrected chi connectivity index (χ4v) is 5.60. The summed E-state index contributed by atoms with van der Waals surface area (Å²) in [5.74, 6) is 0.646. The molecule has 3 aliphatic rings. The van der Waals surface area contributed by atoms with Gasteiger partial charge in [0.2, 0.25) is 17.7 Å². The van der Waals surface area contributed by atoms with Crippen LogP contribution in [0.5, 0.6) is 11.8 Å². The summed E-state index contributed by atoms with van der Waals surface area (Å²) in [5, 5.41) is 3.60. The molecular formula is C29H40FN5O4. The number of nitrogens with one attached hydrogen (secondary N) is 1. The Morgan fingerprint density at radius 1 is 1.18 bits per heavy atom. The van der Waals surface area contributed by atoms with Gasteiger partial charge in [0.05, 0.1) is 32.9 Å². The first kappa shape index (κ1) is 27.8. The number of carbonyl (C=O) groups excluding carboxylic acids is 1. The number of aromatic nitrogens is 1. The predicted molar refractivity (Wildman–Crippen MR) is 147 cm³/mol. The number of carbonyl (C=O) groups is 1. The van der Waals surface area contributed by atoms with Crippen LogP contribution in [0.4, 0.5) is 10.1 Å². The second-order valence-electron chi connectivity index (χ2n) is 10.7. The Bertz CT molecular complexity index is 1130. The number of nitrogens with zero attached hydrogens (tertiary/aromatic N) is 4. The van der Waals surface area contributed by atoms with Crippen molar-refractivity contribution in [3.05, 3.63) is 47.3 Å². The standard InChI is InChI=1S/C29H40FN5O4/c1-4-38-28-23(13-22-5-7-24(30)8-6-22)14-26-29(32-28)39-12-10-35(26)27(36)18-34-16-20(2)31-15-25(34)17-33-9-11-37-19-21(33)3/h5-8,14,20-21,25,31H,4,9-13,15-19H2,1-3H3/t20-,21-,25-/m1/s1. The SMILES string of the molecule is CCOc1nc2c(cc1Cc1ccc(F)cc1)N(C(=O)CN1C[C@@H](C)NC[C@@H]1CN1CCOC[C@H]1C)CCO2. The van der Waals surface area contributed by atoms with Gasteiger partial charge < -0.3 is 24.4 Å². The monoisotopic (exact) mass is 541 g/mol. The molecule has 9 nitrogen and oxygen atoms in total. The van der Waals surface area contributed by atoms with Crippen LogP contribution in [-0.2, 0) is 16.0 Å². The highest BCUT2D eigenvalue weighted by molar-refractivity contribution is 5.96. The zero-order valence-electron chi connectivity index (χ0n) is 23.2. The molecule has 3 atom stereocenters. The molecule has 2 aromatic rings. The Balaban J connectivity index is 1.35. The van der Waals surface area contributed by atoms with Crippen LogP contribution < -0.4 is 19.7 Å². The number of hydrogen-bond donors (Lipinski definition) is 1. The van der Waals surface area contributed by atoms with Gasteiger partial charge in [0, 0.05) is 56.3 Å².